The molecule has 0 aliphatic carbocycles. The molecule has 0 spiro atoms. The minimum Gasteiger partial charge on any atom is 0 e. The van der Waals surface area contributed by atoms with Crippen LogP contribution in [0.4, 0.5) is 4.39 Å². The van der Waals surface area contributed by atoms with Gasteiger partial charge in [-0.2, -0.15) is 0 Å². The predicted molar refractivity (Wildman–Crippen MR) is 149 cm³/mol. The van der Waals surface area contributed by atoms with Crippen molar-refractivity contribution in [1.29, 1.82) is 0 Å². The van der Waals surface area contributed by atoms with Crippen LogP contribution in [0, 0.1) is 38.1 Å². The monoisotopic (exact) mass is 632 g/mol. The van der Waals surface area contributed by atoms with Crippen LogP contribution in [0.3, 0.4) is 0 Å². The number of carbonyl (C=O) groups excluding carboxylic acids is 1. The van der Waals surface area contributed by atoms with Gasteiger partial charge in [0, 0.05) is 41.7 Å². The number of halogens is 1. The molecule has 0 fully saturated rings. The minimum atomic E-state index is -2.14. The van der Waals surface area contributed by atoms with Crippen molar-refractivity contribution in [3.63, 3.8) is 0 Å². The molecule has 7 nitrogen and oxygen atoms in total. The number of thioether (sulfide) groups is 1. The predicted octanol–water partition coefficient (Wildman–Crippen LogP) is 6.01. The molecule has 1 aromatic rings. The molecule has 0 unspecified atom stereocenters. The van der Waals surface area contributed by atoms with Crippen LogP contribution in [-0.2, 0) is 45.0 Å². The fourth-order valence-corrected chi connectivity index (χ4v) is 5.22. The molecular formula is C29H37FFeO7SSi. The molecule has 0 aliphatic heterocycles. The molecule has 0 heterocycles. The van der Waals surface area contributed by atoms with Gasteiger partial charge in [0.1, 0.15) is 5.82 Å². The van der Waals surface area contributed by atoms with Crippen LogP contribution in [0.5, 0.6) is 0 Å². The number of carbonyl (C=O) groups is 1. The number of rotatable bonds is 12. The summed E-state index contributed by atoms with van der Waals surface area (Å²) in [6.45, 7) is 26.0. The first kappa shape index (κ1) is 44.9. The van der Waals surface area contributed by atoms with Crippen LogP contribution in [0.15, 0.2) is 53.5 Å². The molecule has 1 rings (SSSR count). The Labute approximate surface area is 254 Å². The molecule has 0 aromatic heterocycles. The van der Waals surface area contributed by atoms with Crippen molar-refractivity contribution in [1.82, 2.24) is 0 Å². The van der Waals surface area contributed by atoms with E-state index in [0.717, 1.165) is 4.90 Å². The summed E-state index contributed by atoms with van der Waals surface area (Å²) in [5.41, 5.74) is 0. The Balaban J connectivity index is -0.000000863. The third-order valence-electron chi connectivity index (χ3n) is 5.48. The summed E-state index contributed by atoms with van der Waals surface area (Å²) in [5.74, 6) is 1.81. The second kappa shape index (κ2) is 25.8. The van der Waals surface area contributed by atoms with E-state index in [2.05, 4.69) is 59.7 Å². The summed E-state index contributed by atoms with van der Waals surface area (Å²) in [4.78, 5) is 12.2. The first-order valence-corrected chi connectivity index (χ1v) is 15.5. The quantitative estimate of drug-likeness (QED) is 0.0577. The van der Waals surface area contributed by atoms with Crippen LogP contribution in [-0.4, -0.2) is 43.5 Å². The van der Waals surface area contributed by atoms with E-state index in [1.807, 2.05) is 12.2 Å². The molecule has 0 saturated heterocycles. The summed E-state index contributed by atoms with van der Waals surface area (Å²) in [6, 6.07) is 6.34. The van der Waals surface area contributed by atoms with E-state index in [9.17, 15) is 14.3 Å². The summed E-state index contributed by atoms with van der Waals surface area (Å²) >= 11 is 1.56. The number of aliphatic hydroxyl groups is 1. The number of benzene rings is 1. The van der Waals surface area contributed by atoms with Gasteiger partial charge in [-0.1, -0.05) is 45.1 Å². The van der Waals surface area contributed by atoms with Crippen molar-refractivity contribution in [2.45, 2.75) is 81.0 Å². The molecule has 3 atom stereocenters. The van der Waals surface area contributed by atoms with Crippen molar-refractivity contribution in [3.8, 4) is 12.3 Å². The summed E-state index contributed by atoms with van der Waals surface area (Å²) in [7, 11) is -2.14. The standard InChI is InChI=1S/C26H37FO4SSi.3CO.Fe/c1-8-11-22(29)12-9-10-13-25(32-23-16-14-21(27)15-17-23)24(18-19-30-20(2)28)31-33(6,7)26(3,4)5;3*1-2;/h1,9-10,12-17,22,24-25,29H,11,18-19H2,2-7H3;;;;/b12-9+,13-10-;;;;/t22-,24+,25+;;;;/m0..../s1. The summed E-state index contributed by atoms with van der Waals surface area (Å²) < 4.78 is 47.9. The number of aliphatic hydroxyl groups excluding tert-OH is 1. The molecular weight excluding hydrogens is 595 g/mol. The fourth-order valence-electron chi connectivity index (χ4n) is 2.63. The fraction of sp³-hybridized carbons (Fsp3) is 0.448. The zero-order chi connectivity index (χ0) is 31.1. The van der Waals surface area contributed by atoms with E-state index >= 15 is 0 Å². The zero-order valence-corrected chi connectivity index (χ0v) is 26.5. The Hall–Kier alpha value is -2.11. The van der Waals surface area contributed by atoms with E-state index in [4.69, 9.17) is 29.5 Å². The minimum absolute atomic E-state index is 0. The molecule has 0 bridgehead atoms. The number of esters is 1. The average Bonchev–Trinajstić information content (AvgIpc) is 2.89. The molecule has 1 N–H and O–H groups in total. The van der Waals surface area contributed by atoms with Crippen LogP contribution in [0.1, 0.15) is 40.5 Å². The summed E-state index contributed by atoms with van der Waals surface area (Å²) in [5, 5.41) is 9.69. The van der Waals surface area contributed by atoms with Gasteiger partial charge in [-0.3, -0.25) is 4.79 Å². The first-order valence-electron chi connectivity index (χ1n) is 11.7. The van der Waals surface area contributed by atoms with Crippen molar-refractivity contribution in [2.75, 3.05) is 6.61 Å². The largest absolute Gasteiger partial charge is 0 e. The third-order valence-corrected chi connectivity index (χ3v) is 11.3. The number of terminal acetylenes is 1. The van der Waals surface area contributed by atoms with E-state index in [1.165, 1.54) is 19.1 Å². The molecule has 40 heavy (non-hydrogen) atoms. The van der Waals surface area contributed by atoms with Crippen LogP contribution in [0.25, 0.3) is 0 Å². The van der Waals surface area contributed by atoms with E-state index in [1.54, 1.807) is 36.0 Å². The molecule has 220 valence electrons. The Morgan fingerprint density at radius 3 is 2.08 bits per heavy atom. The number of allylic oxidation sites excluding steroid dienone is 2. The topological polar surface area (TPSA) is 115 Å². The van der Waals surface area contributed by atoms with Crippen LogP contribution in [0.2, 0.25) is 18.1 Å². The van der Waals surface area contributed by atoms with Crippen molar-refractivity contribution in [2.24, 2.45) is 0 Å². The van der Waals surface area contributed by atoms with Gasteiger partial charge >= 0.3 is 39.9 Å². The van der Waals surface area contributed by atoms with Gasteiger partial charge in [-0.05, 0) is 42.4 Å². The molecule has 0 aliphatic rings. The van der Waals surface area contributed by atoms with Gasteiger partial charge in [-0.25, -0.2) is 4.39 Å². The maximum atomic E-state index is 13.4. The zero-order valence-electron chi connectivity index (χ0n) is 23.6. The molecule has 0 amide bonds. The van der Waals surface area contributed by atoms with E-state index in [-0.39, 0.29) is 58.3 Å². The van der Waals surface area contributed by atoms with E-state index < -0.39 is 14.4 Å². The van der Waals surface area contributed by atoms with Gasteiger partial charge in [0.25, 0.3) is 0 Å². The third kappa shape index (κ3) is 20.7. The molecule has 0 radical (unpaired) electrons. The van der Waals surface area contributed by atoms with Crippen molar-refractivity contribution < 1.29 is 54.5 Å². The van der Waals surface area contributed by atoms with Gasteiger partial charge < -0.3 is 14.3 Å². The number of ether oxygens (including phenoxy) is 1. The van der Waals surface area contributed by atoms with Gasteiger partial charge in [0.2, 0.25) is 0 Å². The SMILES string of the molecule is C#CC[C@H](O)/C=C/C=C\[C@@H](Sc1ccc(F)cc1)[C@@H](CCOC(C)=O)O[Si](C)(C)C(C)(C)C.[C-]#[O+].[C-]#[O+].[C-]#[O+].[Fe]. The number of hydrogen-bond donors (Lipinski definition) is 1. The van der Waals surface area contributed by atoms with Crippen LogP contribution >= 0.6 is 11.8 Å². The normalized spacial score (nSPS) is 12.8. The second-order valence-corrected chi connectivity index (χ2v) is 15.3. The maximum Gasteiger partial charge on any atom is 0 e. The van der Waals surface area contributed by atoms with Gasteiger partial charge in [-0.15, -0.1) is 24.1 Å². The summed E-state index contributed by atoms with van der Waals surface area (Å²) in [6.07, 6.45) is 12.3. The second-order valence-electron chi connectivity index (χ2n) is 9.33. The van der Waals surface area contributed by atoms with Crippen molar-refractivity contribution >= 4 is 26.0 Å². The van der Waals surface area contributed by atoms with Crippen molar-refractivity contribution in [3.05, 3.63) is 74.3 Å². The Morgan fingerprint density at radius 2 is 1.62 bits per heavy atom. The Bertz CT molecular complexity index is 963. The van der Waals surface area contributed by atoms with E-state index in [0.29, 0.717) is 6.42 Å². The molecule has 11 heteroatoms. The smallest absolute Gasteiger partial charge is 0 e. The molecule has 1 aromatic carbocycles. The molecule has 0 saturated carbocycles. The van der Waals surface area contributed by atoms with Gasteiger partial charge in [0.05, 0.1) is 24.1 Å². The Kier molecular flexibility index (Phi) is 29.0. The maximum absolute atomic E-state index is 13.4. The average molecular weight is 633 g/mol. The van der Waals surface area contributed by atoms with Crippen LogP contribution < -0.4 is 0 Å². The first-order chi connectivity index (χ1) is 18.4. The van der Waals surface area contributed by atoms with Gasteiger partial charge in [0.15, 0.2) is 8.32 Å². The Morgan fingerprint density at radius 1 is 1.12 bits per heavy atom. The number of hydrogen-bond acceptors (Lipinski definition) is 5.